The molecule has 0 aliphatic carbocycles. The summed E-state index contributed by atoms with van der Waals surface area (Å²) in [6.07, 6.45) is -3.18. The highest BCUT2D eigenvalue weighted by Crippen LogP contribution is 2.34. The van der Waals surface area contributed by atoms with Crippen LogP contribution in [-0.2, 0) is 11.0 Å². The van der Waals surface area contributed by atoms with E-state index in [1.807, 2.05) is 0 Å². The second kappa shape index (κ2) is 6.57. The SMILES string of the molecule is CC(C(=O)Nc1ccccc1C(F)(F)F)n1cc(Br)ccc1=O. The lowest BCUT2D eigenvalue weighted by Crippen LogP contribution is -2.31. The van der Waals surface area contributed by atoms with Gasteiger partial charge in [0, 0.05) is 16.7 Å². The van der Waals surface area contributed by atoms with Gasteiger partial charge in [-0.15, -0.1) is 0 Å². The average molecular weight is 389 g/mol. The van der Waals surface area contributed by atoms with Gasteiger partial charge in [-0.2, -0.15) is 13.2 Å². The maximum Gasteiger partial charge on any atom is 0.418 e. The Labute approximate surface area is 138 Å². The molecule has 1 unspecified atom stereocenters. The first-order chi connectivity index (χ1) is 10.7. The van der Waals surface area contributed by atoms with Gasteiger partial charge in [-0.25, -0.2) is 0 Å². The number of para-hydroxylation sites is 1. The third-order valence-electron chi connectivity index (χ3n) is 3.19. The van der Waals surface area contributed by atoms with Crippen molar-refractivity contribution in [3.63, 3.8) is 0 Å². The second-order valence-corrected chi connectivity index (χ2v) is 5.72. The number of hydrogen-bond acceptors (Lipinski definition) is 2. The molecule has 0 fully saturated rings. The minimum atomic E-state index is -4.58. The first-order valence-electron chi connectivity index (χ1n) is 6.55. The zero-order chi connectivity index (χ0) is 17.2. The van der Waals surface area contributed by atoms with Crippen molar-refractivity contribution in [2.75, 3.05) is 5.32 Å². The van der Waals surface area contributed by atoms with Crippen LogP contribution in [0.25, 0.3) is 0 Å². The molecule has 0 aliphatic heterocycles. The zero-order valence-corrected chi connectivity index (χ0v) is 13.5. The molecule has 4 nitrogen and oxygen atoms in total. The molecule has 23 heavy (non-hydrogen) atoms. The van der Waals surface area contributed by atoms with Crippen LogP contribution < -0.4 is 10.9 Å². The van der Waals surface area contributed by atoms with Crippen molar-refractivity contribution in [1.82, 2.24) is 4.57 Å². The van der Waals surface area contributed by atoms with Crippen molar-refractivity contribution in [1.29, 1.82) is 0 Å². The monoisotopic (exact) mass is 388 g/mol. The maximum absolute atomic E-state index is 12.9. The van der Waals surface area contributed by atoms with E-state index in [0.717, 1.165) is 16.7 Å². The number of amides is 1. The molecule has 0 bridgehead atoms. The van der Waals surface area contributed by atoms with E-state index in [4.69, 9.17) is 0 Å². The number of hydrogen-bond donors (Lipinski definition) is 1. The maximum atomic E-state index is 12.9. The summed E-state index contributed by atoms with van der Waals surface area (Å²) in [5.41, 5.74) is -1.72. The van der Waals surface area contributed by atoms with Crippen LogP contribution in [0.15, 0.2) is 51.9 Å². The van der Waals surface area contributed by atoms with Gasteiger partial charge in [0.15, 0.2) is 0 Å². The van der Waals surface area contributed by atoms with Crippen LogP contribution in [0.4, 0.5) is 18.9 Å². The lowest BCUT2D eigenvalue weighted by molar-refractivity contribution is -0.137. The molecule has 1 aromatic carbocycles. The fourth-order valence-corrected chi connectivity index (χ4v) is 2.33. The van der Waals surface area contributed by atoms with Gasteiger partial charge in [0.2, 0.25) is 5.91 Å². The molecule has 1 heterocycles. The molecule has 0 spiro atoms. The summed E-state index contributed by atoms with van der Waals surface area (Å²) < 4.78 is 40.5. The van der Waals surface area contributed by atoms with Crippen molar-refractivity contribution in [2.24, 2.45) is 0 Å². The predicted octanol–water partition coefficient (Wildman–Crippen LogP) is 3.83. The molecule has 1 amide bonds. The zero-order valence-electron chi connectivity index (χ0n) is 11.9. The molecular formula is C15H12BrF3N2O2. The summed E-state index contributed by atoms with van der Waals surface area (Å²) >= 11 is 3.18. The number of aromatic nitrogens is 1. The summed E-state index contributed by atoms with van der Waals surface area (Å²) in [6.45, 7) is 1.43. The highest BCUT2D eigenvalue weighted by atomic mass is 79.9. The highest BCUT2D eigenvalue weighted by molar-refractivity contribution is 9.10. The van der Waals surface area contributed by atoms with Crippen molar-refractivity contribution in [2.45, 2.75) is 19.1 Å². The Balaban J connectivity index is 2.30. The largest absolute Gasteiger partial charge is 0.418 e. The van der Waals surface area contributed by atoms with E-state index in [9.17, 15) is 22.8 Å². The van der Waals surface area contributed by atoms with Gasteiger partial charge in [-0.3, -0.25) is 9.59 Å². The van der Waals surface area contributed by atoms with Crippen molar-refractivity contribution < 1.29 is 18.0 Å². The molecule has 1 atom stereocenters. The molecule has 0 saturated carbocycles. The third kappa shape index (κ3) is 4.01. The predicted molar refractivity (Wildman–Crippen MR) is 83.2 cm³/mol. The first kappa shape index (κ1) is 17.3. The summed E-state index contributed by atoms with van der Waals surface area (Å²) in [4.78, 5) is 24.0. The van der Waals surface area contributed by atoms with Crippen LogP contribution in [0, 0.1) is 0 Å². The lowest BCUT2D eigenvalue weighted by Gasteiger charge is -2.18. The number of alkyl halides is 3. The van der Waals surface area contributed by atoms with Gasteiger partial charge in [0.25, 0.3) is 5.56 Å². The van der Waals surface area contributed by atoms with Crippen LogP contribution in [0.3, 0.4) is 0 Å². The number of carbonyl (C=O) groups excluding carboxylic acids is 1. The summed E-state index contributed by atoms with van der Waals surface area (Å²) in [5.74, 6) is -0.720. The van der Waals surface area contributed by atoms with E-state index in [1.165, 1.54) is 37.4 Å². The minimum Gasteiger partial charge on any atom is -0.324 e. The molecular weight excluding hydrogens is 377 g/mol. The van der Waals surface area contributed by atoms with Gasteiger partial charge in [0.1, 0.15) is 6.04 Å². The minimum absolute atomic E-state index is 0.347. The first-order valence-corrected chi connectivity index (χ1v) is 7.34. The summed E-state index contributed by atoms with van der Waals surface area (Å²) in [7, 11) is 0. The number of nitrogens with zero attached hydrogens (tertiary/aromatic N) is 1. The fourth-order valence-electron chi connectivity index (χ4n) is 1.98. The van der Waals surface area contributed by atoms with E-state index in [1.54, 1.807) is 0 Å². The summed E-state index contributed by atoms with van der Waals surface area (Å²) in [5, 5.41) is 2.23. The van der Waals surface area contributed by atoms with Gasteiger partial charge in [0.05, 0.1) is 11.3 Å². The number of nitrogens with one attached hydrogen (secondary N) is 1. The van der Waals surface area contributed by atoms with Crippen LogP contribution in [0.5, 0.6) is 0 Å². The molecule has 8 heteroatoms. The Kier molecular flexibility index (Phi) is 4.93. The number of carbonyl (C=O) groups is 1. The van der Waals surface area contributed by atoms with E-state index in [2.05, 4.69) is 21.2 Å². The van der Waals surface area contributed by atoms with Crippen LogP contribution >= 0.6 is 15.9 Å². The molecule has 1 N–H and O–H groups in total. The Morgan fingerprint density at radius 3 is 2.52 bits per heavy atom. The third-order valence-corrected chi connectivity index (χ3v) is 3.66. The topological polar surface area (TPSA) is 51.1 Å². The van der Waals surface area contributed by atoms with Gasteiger partial charge in [-0.1, -0.05) is 12.1 Å². The lowest BCUT2D eigenvalue weighted by atomic mass is 10.1. The molecule has 0 radical (unpaired) electrons. The highest BCUT2D eigenvalue weighted by Gasteiger charge is 2.34. The van der Waals surface area contributed by atoms with Gasteiger partial charge >= 0.3 is 6.18 Å². The van der Waals surface area contributed by atoms with E-state index in [0.29, 0.717) is 4.47 Å². The smallest absolute Gasteiger partial charge is 0.324 e. The Bertz CT molecular complexity index is 787. The number of benzene rings is 1. The van der Waals surface area contributed by atoms with Crippen LogP contribution in [0.2, 0.25) is 0 Å². The number of pyridine rings is 1. The molecule has 0 saturated heterocycles. The number of anilines is 1. The van der Waals surface area contributed by atoms with Crippen molar-refractivity contribution >= 4 is 27.5 Å². The van der Waals surface area contributed by atoms with E-state index in [-0.39, 0.29) is 5.69 Å². The number of rotatable bonds is 3. The molecule has 122 valence electrons. The van der Waals surface area contributed by atoms with Gasteiger partial charge < -0.3 is 9.88 Å². The van der Waals surface area contributed by atoms with E-state index < -0.39 is 29.2 Å². The van der Waals surface area contributed by atoms with Crippen LogP contribution in [-0.4, -0.2) is 10.5 Å². The standard InChI is InChI=1S/C15H12BrF3N2O2/c1-9(21-8-10(16)6-7-13(21)22)14(23)20-12-5-3-2-4-11(12)15(17,18)19/h2-9H,1H3,(H,20,23). The Morgan fingerprint density at radius 1 is 1.22 bits per heavy atom. The Hall–Kier alpha value is -2.09. The summed E-state index contributed by atoms with van der Waals surface area (Å²) in [6, 6.07) is 6.48. The number of halogens is 4. The van der Waals surface area contributed by atoms with E-state index >= 15 is 0 Å². The van der Waals surface area contributed by atoms with Crippen molar-refractivity contribution in [3.05, 3.63) is 63.0 Å². The molecule has 1 aromatic heterocycles. The van der Waals surface area contributed by atoms with Crippen LogP contribution in [0.1, 0.15) is 18.5 Å². The second-order valence-electron chi connectivity index (χ2n) is 4.80. The average Bonchev–Trinajstić information content (AvgIpc) is 2.48. The molecule has 2 aromatic rings. The Morgan fingerprint density at radius 2 is 1.87 bits per heavy atom. The normalized spacial score (nSPS) is 12.7. The molecule has 0 aliphatic rings. The quantitative estimate of drug-likeness (QED) is 0.868. The molecule has 2 rings (SSSR count). The van der Waals surface area contributed by atoms with Gasteiger partial charge in [-0.05, 0) is 41.1 Å². The fraction of sp³-hybridized carbons (Fsp3) is 0.200. The van der Waals surface area contributed by atoms with Crippen molar-refractivity contribution in [3.8, 4) is 0 Å².